The van der Waals surface area contributed by atoms with E-state index in [2.05, 4.69) is 10.2 Å². The van der Waals surface area contributed by atoms with Crippen molar-refractivity contribution in [2.24, 2.45) is 14.1 Å². The third-order valence-corrected chi connectivity index (χ3v) is 4.23. The van der Waals surface area contributed by atoms with Gasteiger partial charge < -0.3 is 10.2 Å². The highest BCUT2D eigenvalue weighted by Crippen LogP contribution is 2.41. The second-order valence-corrected chi connectivity index (χ2v) is 6.33. The molecule has 128 valence electrons. The Bertz CT molecular complexity index is 772. The molecule has 0 bridgehead atoms. The Kier molecular flexibility index (Phi) is 4.13. The molecule has 2 aliphatic rings. The Morgan fingerprint density at radius 1 is 1.04 bits per heavy atom. The minimum absolute atomic E-state index is 0.361. The molecule has 0 radical (unpaired) electrons. The Hall–Kier alpha value is -2.64. The lowest BCUT2D eigenvalue weighted by molar-refractivity contribution is 0.0684. The monoisotopic (exact) mass is 332 g/mol. The molecule has 2 N–H and O–H groups in total. The lowest BCUT2D eigenvalue weighted by atomic mass is 10.2. The number of carboxylic acid groups (broad SMARTS) is 2. The van der Waals surface area contributed by atoms with E-state index in [-0.39, 0.29) is 0 Å². The minimum Gasteiger partial charge on any atom is -0.478 e. The van der Waals surface area contributed by atoms with E-state index in [4.69, 9.17) is 10.2 Å². The highest BCUT2D eigenvalue weighted by Gasteiger charge is 2.32. The first-order chi connectivity index (χ1) is 11.4. The third kappa shape index (κ3) is 3.32. The van der Waals surface area contributed by atoms with Crippen LogP contribution in [0.4, 0.5) is 0 Å². The smallest absolute Gasteiger partial charge is 0.339 e. The van der Waals surface area contributed by atoms with Crippen LogP contribution in [0, 0.1) is 0 Å². The van der Waals surface area contributed by atoms with Gasteiger partial charge in [0.1, 0.15) is 11.1 Å². The van der Waals surface area contributed by atoms with E-state index in [0.717, 1.165) is 37.1 Å². The molecule has 0 unspecified atom stereocenters. The maximum absolute atomic E-state index is 10.7. The molecule has 2 saturated carbocycles. The summed E-state index contributed by atoms with van der Waals surface area (Å²) in [6, 6.07) is 0. The number of rotatable bonds is 4. The van der Waals surface area contributed by atoms with Gasteiger partial charge in [0.15, 0.2) is 0 Å². The SMILES string of the molecule is Cn1cc(C(=O)O)c(C2CC2)n1.Cn1ncc(C(=O)O)c1C1CC1. The molecule has 24 heavy (non-hydrogen) atoms. The van der Waals surface area contributed by atoms with Crippen LogP contribution in [0.1, 0.15) is 69.6 Å². The third-order valence-electron chi connectivity index (χ3n) is 4.23. The fourth-order valence-electron chi connectivity index (χ4n) is 2.78. The van der Waals surface area contributed by atoms with Crippen LogP contribution in [-0.4, -0.2) is 41.7 Å². The molecule has 0 atom stereocenters. The number of aromatic carboxylic acids is 2. The van der Waals surface area contributed by atoms with E-state index < -0.39 is 11.9 Å². The maximum Gasteiger partial charge on any atom is 0.339 e. The lowest BCUT2D eigenvalue weighted by Crippen LogP contribution is -2.03. The van der Waals surface area contributed by atoms with Crippen molar-refractivity contribution in [3.63, 3.8) is 0 Å². The molecule has 2 fully saturated rings. The van der Waals surface area contributed by atoms with Crippen molar-refractivity contribution < 1.29 is 19.8 Å². The Balaban J connectivity index is 0.000000141. The van der Waals surface area contributed by atoms with E-state index in [0.29, 0.717) is 23.0 Å². The van der Waals surface area contributed by atoms with E-state index in [9.17, 15) is 9.59 Å². The highest BCUT2D eigenvalue weighted by atomic mass is 16.4. The van der Waals surface area contributed by atoms with E-state index in [1.54, 1.807) is 29.7 Å². The summed E-state index contributed by atoms with van der Waals surface area (Å²) in [5.41, 5.74) is 2.35. The van der Waals surface area contributed by atoms with Gasteiger partial charge in [-0.2, -0.15) is 10.2 Å². The summed E-state index contributed by atoms with van der Waals surface area (Å²) in [5.74, 6) is -0.907. The molecule has 0 spiro atoms. The number of nitrogens with zero attached hydrogens (tertiary/aromatic N) is 4. The first kappa shape index (κ1) is 16.2. The number of carbonyl (C=O) groups is 2. The predicted molar refractivity (Wildman–Crippen MR) is 84.3 cm³/mol. The van der Waals surface area contributed by atoms with Crippen LogP contribution in [0.15, 0.2) is 12.4 Å². The van der Waals surface area contributed by atoms with Crippen LogP contribution in [0.25, 0.3) is 0 Å². The fraction of sp³-hybridized carbons (Fsp3) is 0.500. The van der Waals surface area contributed by atoms with Crippen LogP contribution in [0.2, 0.25) is 0 Å². The van der Waals surface area contributed by atoms with E-state index in [1.807, 2.05) is 0 Å². The number of carboxylic acids is 2. The Morgan fingerprint density at radius 3 is 2.12 bits per heavy atom. The van der Waals surface area contributed by atoms with Gasteiger partial charge in [-0.15, -0.1) is 0 Å². The van der Waals surface area contributed by atoms with Crippen molar-refractivity contribution >= 4 is 11.9 Å². The van der Waals surface area contributed by atoms with Crippen molar-refractivity contribution in [2.75, 3.05) is 0 Å². The lowest BCUT2D eigenvalue weighted by Gasteiger charge is -1.99. The van der Waals surface area contributed by atoms with Crippen LogP contribution in [-0.2, 0) is 14.1 Å². The fourth-order valence-corrected chi connectivity index (χ4v) is 2.78. The summed E-state index contributed by atoms with van der Waals surface area (Å²) in [7, 11) is 3.54. The van der Waals surface area contributed by atoms with Crippen molar-refractivity contribution in [1.82, 2.24) is 19.6 Å². The normalized spacial score (nSPS) is 16.4. The maximum atomic E-state index is 10.7. The van der Waals surface area contributed by atoms with Crippen molar-refractivity contribution in [2.45, 2.75) is 37.5 Å². The molecule has 4 rings (SSSR count). The van der Waals surface area contributed by atoms with Crippen molar-refractivity contribution in [3.05, 3.63) is 34.9 Å². The van der Waals surface area contributed by atoms with Gasteiger partial charge in [0, 0.05) is 32.1 Å². The molecule has 0 aliphatic heterocycles. The standard InChI is InChI=1S/2C8H10N2O2/c1-10-4-6(8(11)12)7(9-10)5-2-3-5;1-10-7(5-2-3-5)6(4-9-10)8(11)12/h2*4-5H,2-3H2,1H3,(H,11,12). The molecule has 2 aromatic rings. The predicted octanol–water partition coefficient (Wildman–Crippen LogP) is 1.99. The zero-order valence-electron chi connectivity index (χ0n) is 13.6. The van der Waals surface area contributed by atoms with Gasteiger partial charge in [-0.1, -0.05) is 0 Å². The van der Waals surface area contributed by atoms with Crippen molar-refractivity contribution in [3.8, 4) is 0 Å². The van der Waals surface area contributed by atoms with Crippen LogP contribution < -0.4 is 0 Å². The zero-order valence-corrected chi connectivity index (χ0v) is 13.6. The number of hydrogen-bond donors (Lipinski definition) is 2. The van der Waals surface area contributed by atoms with Gasteiger partial charge in [0.25, 0.3) is 0 Å². The van der Waals surface area contributed by atoms with Crippen LogP contribution >= 0.6 is 0 Å². The summed E-state index contributed by atoms with van der Waals surface area (Å²) >= 11 is 0. The topological polar surface area (TPSA) is 110 Å². The van der Waals surface area contributed by atoms with E-state index >= 15 is 0 Å². The van der Waals surface area contributed by atoms with Gasteiger partial charge in [-0.25, -0.2) is 9.59 Å². The first-order valence-electron chi connectivity index (χ1n) is 7.90. The molecule has 8 nitrogen and oxygen atoms in total. The molecule has 0 amide bonds. The largest absolute Gasteiger partial charge is 0.478 e. The molecule has 2 aromatic heterocycles. The van der Waals surface area contributed by atoms with Gasteiger partial charge in [0.2, 0.25) is 0 Å². The molecule has 0 saturated heterocycles. The summed E-state index contributed by atoms with van der Waals surface area (Å²) in [6.45, 7) is 0. The summed E-state index contributed by atoms with van der Waals surface area (Å²) in [5, 5.41) is 25.7. The Morgan fingerprint density at radius 2 is 1.62 bits per heavy atom. The second kappa shape index (κ2) is 6.10. The number of aromatic nitrogens is 4. The quantitative estimate of drug-likeness (QED) is 0.886. The zero-order chi connectivity index (χ0) is 17.4. The molecule has 8 heteroatoms. The van der Waals surface area contributed by atoms with Gasteiger partial charge in [-0.3, -0.25) is 9.36 Å². The summed E-state index contributed by atoms with van der Waals surface area (Å²) in [4.78, 5) is 21.4. The van der Waals surface area contributed by atoms with Gasteiger partial charge in [-0.05, 0) is 25.7 Å². The molecule has 2 heterocycles. The van der Waals surface area contributed by atoms with Crippen LogP contribution in [0.3, 0.4) is 0 Å². The molecule has 2 aliphatic carbocycles. The first-order valence-corrected chi connectivity index (χ1v) is 7.90. The number of aryl methyl sites for hydroxylation is 2. The number of hydrogen-bond acceptors (Lipinski definition) is 4. The highest BCUT2D eigenvalue weighted by molar-refractivity contribution is 5.89. The van der Waals surface area contributed by atoms with Crippen LogP contribution in [0.5, 0.6) is 0 Å². The van der Waals surface area contributed by atoms with Gasteiger partial charge in [0.05, 0.1) is 17.6 Å². The summed E-state index contributed by atoms with van der Waals surface area (Å²) < 4.78 is 3.23. The van der Waals surface area contributed by atoms with Crippen molar-refractivity contribution in [1.29, 1.82) is 0 Å². The van der Waals surface area contributed by atoms with E-state index in [1.165, 1.54) is 6.20 Å². The minimum atomic E-state index is -0.870. The summed E-state index contributed by atoms with van der Waals surface area (Å²) in [6.07, 6.45) is 7.35. The molecule has 0 aromatic carbocycles. The second-order valence-electron chi connectivity index (χ2n) is 6.33. The molecular weight excluding hydrogens is 312 g/mol. The molecular formula is C16H20N4O4. The average Bonchev–Trinajstić information content (AvgIpc) is 3.44. The average molecular weight is 332 g/mol. The van der Waals surface area contributed by atoms with Gasteiger partial charge >= 0.3 is 11.9 Å². The Labute approximate surface area is 138 Å².